The second-order valence-electron chi connectivity index (χ2n) is 6.79. The van der Waals surface area contributed by atoms with Crippen molar-refractivity contribution in [2.24, 2.45) is 5.92 Å². The molecule has 0 bridgehead atoms. The van der Waals surface area contributed by atoms with E-state index in [4.69, 9.17) is 14.2 Å². The van der Waals surface area contributed by atoms with Crippen molar-refractivity contribution in [3.8, 4) is 5.75 Å². The molecule has 0 aliphatic carbocycles. The summed E-state index contributed by atoms with van der Waals surface area (Å²) in [5.74, 6) is 1.13. The Labute approximate surface area is 148 Å². The van der Waals surface area contributed by atoms with E-state index in [-0.39, 0.29) is 17.6 Å². The zero-order chi connectivity index (χ0) is 18.0. The van der Waals surface area contributed by atoms with Crippen LogP contribution in [0.2, 0.25) is 0 Å². The van der Waals surface area contributed by atoms with Crippen molar-refractivity contribution >= 4 is 0 Å². The summed E-state index contributed by atoms with van der Waals surface area (Å²) in [5, 5.41) is 0. The Kier molecular flexibility index (Phi) is 9.09. The highest BCUT2D eigenvalue weighted by atomic mass is 16.5. The summed E-state index contributed by atoms with van der Waals surface area (Å²) in [6, 6.07) is 8.25. The van der Waals surface area contributed by atoms with Crippen LogP contribution in [-0.4, -0.2) is 32.0 Å². The van der Waals surface area contributed by atoms with Gasteiger partial charge in [0.1, 0.15) is 5.75 Å². The van der Waals surface area contributed by atoms with Crippen LogP contribution in [0, 0.1) is 5.92 Å². The Balaban J connectivity index is 2.87. The molecule has 1 aromatic rings. The molecule has 136 valence electrons. The van der Waals surface area contributed by atoms with Crippen LogP contribution in [0.25, 0.3) is 0 Å². The maximum atomic E-state index is 6.10. The summed E-state index contributed by atoms with van der Waals surface area (Å²) in [4.78, 5) is 0. The molecule has 0 heterocycles. The van der Waals surface area contributed by atoms with E-state index in [2.05, 4.69) is 46.4 Å². The van der Waals surface area contributed by atoms with E-state index in [0.717, 1.165) is 31.6 Å². The van der Waals surface area contributed by atoms with Crippen LogP contribution < -0.4 is 4.74 Å². The molecule has 0 aliphatic rings. The number of hydrogen-bond donors (Lipinski definition) is 0. The SMILES string of the molecule is C=CCOC(C)(C)[C@@H](Cc1ccc(OC)cc1)[C@H](C)OCCCC. The fourth-order valence-corrected chi connectivity index (χ4v) is 2.90. The normalized spacial score (nSPS) is 14.2. The third-order valence-corrected chi connectivity index (χ3v) is 4.53. The van der Waals surface area contributed by atoms with Gasteiger partial charge in [-0.1, -0.05) is 31.6 Å². The van der Waals surface area contributed by atoms with Crippen molar-refractivity contribution in [1.29, 1.82) is 0 Å². The lowest BCUT2D eigenvalue weighted by atomic mass is 9.81. The van der Waals surface area contributed by atoms with Gasteiger partial charge in [-0.15, -0.1) is 6.58 Å². The van der Waals surface area contributed by atoms with Gasteiger partial charge in [0.15, 0.2) is 0 Å². The molecule has 24 heavy (non-hydrogen) atoms. The molecule has 0 fully saturated rings. The van der Waals surface area contributed by atoms with Crippen LogP contribution in [0.15, 0.2) is 36.9 Å². The zero-order valence-corrected chi connectivity index (χ0v) is 16.0. The monoisotopic (exact) mass is 334 g/mol. The molecule has 2 atom stereocenters. The molecule has 0 radical (unpaired) electrons. The highest BCUT2D eigenvalue weighted by Crippen LogP contribution is 2.30. The molecule has 1 rings (SSSR count). The molecule has 0 saturated heterocycles. The zero-order valence-electron chi connectivity index (χ0n) is 16.0. The highest BCUT2D eigenvalue weighted by molar-refractivity contribution is 5.27. The largest absolute Gasteiger partial charge is 0.497 e. The predicted molar refractivity (Wildman–Crippen MR) is 101 cm³/mol. The molecule has 0 unspecified atom stereocenters. The Hall–Kier alpha value is -1.32. The summed E-state index contributed by atoms with van der Waals surface area (Å²) in [5.41, 5.74) is 0.974. The second-order valence-corrected chi connectivity index (χ2v) is 6.79. The second kappa shape index (κ2) is 10.5. The van der Waals surface area contributed by atoms with Gasteiger partial charge in [0.25, 0.3) is 0 Å². The topological polar surface area (TPSA) is 27.7 Å². The van der Waals surface area contributed by atoms with E-state index >= 15 is 0 Å². The van der Waals surface area contributed by atoms with Gasteiger partial charge in [-0.25, -0.2) is 0 Å². The van der Waals surface area contributed by atoms with Gasteiger partial charge in [0.05, 0.1) is 25.4 Å². The van der Waals surface area contributed by atoms with Crippen LogP contribution in [0.1, 0.15) is 46.1 Å². The van der Waals surface area contributed by atoms with E-state index in [1.165, 1.54) is 5.56 Å². The molecule has 1 aromatic carbocycles. The van der Waals surface area contributed by atoms with Crippen molar-refractivity contribution in [2.45, 2.75) is 58.7 Å². The van der Waals surface area contributed by atoms with Crippen LogP contribution in [-0.2, 0) is 15.9 Å². The number of unbranched alkanes of at least 4 members (excludes halogenated alkanes) is 1. The quantitative estimate of drug-likeness (QED) is 0.396. The number of hydrogen-bond acceptors (Lipinski definition) is 3. The first-order valence-corrected chi connectivity index (χ1v) is 8.94. The smallest absolute Gasteiger partial charge is 0.118 e. The Morgan fingerprint density at radius 1 is 1.21 bits per heavy atom. The summed E-state index contributed by atoms with van der Waals surface area (Å²) >= 11 is 0. The molecule has 0 N–H and O–H groups in total. The molecule has 0 aliphatic heterocycles. The molecule has 0 spiro atoms. The maximum absolute atomic E-state index is 6.10. The van der Waals surface area contributed by atoms with E-state index in [0.29, 0.717) is 6.61 Å². The van der Waals surface area contributed by atoms with Gasteiger partial charge in [0, 0.05) is 12.5 Å². The van der Waals surface area contributed by atoms with Crippen molar-refractivity contribution in [1.82, 2.24) is 0 Å². The van der Waals surface area contributed by atoms with E-state index in [9.17, 15) is 0 Å². The summed E-state index contributed by atoms with van der Waals surface area (Å²) < 4.78 is 17.4. The van der Waals surface area contributed by atoms with Crippen LogP contribution >= 0.6 is 0 Å². The lowest BCUT2D eigenvalue weighted by molar-refractivity contribution is -0.101. The van der Waals surface area contributed by atoms with Gasteiger partial charge in [-0.2, -0.15) is 0 Å². The third kappa shape index (κ3) is 6.66. The van der Waals surface area contributed by atoms with Gasteiger partial charge in [-0.05, 0) is 51.3 Å². The molecule has 0 aromatic heterocycles. The standard InChI is InChI=1S/C21H34O3/c1-7-9-15-23-17(3)20(21(4,5)24-14-8-2)16-18-10-12-19(22-6)13-11-18/h8,10-13,17,20H,2,7,9,14-16H2,1,3-6H3/t17-,20-/m0/s1. The first-order chi connectivity index (χ1) is 11.4. The van der Waals surface area contributed by atoms with E-state index in [1.807, 2.05) is 12.1 Å². The minimum atomic E-state index is -0.292. The number of methoxy groups -OCH3 is 1. The van der Waals surface area contributed by atoms with Crippen molar-refractivity contribution in [2.75, 3.05) is 20.3 Å². The number of ether oxygens (including phenoxy) is 3. The average molecular weight is 335 g/mol. The Morgan fingerprint density at radius 3 is 2.42 bits per heavy atom. The van der Waals surface area contributed by atoms with Gasteiger partial charge in [0.2, 0.25) is 0 Å². The van der Waals surface area contributed by atoms with Crippen LogP contribution in [0.3, 0.4) is 0 Å². The third-order valence-electron chi connectivity index (χ3n) is 4.53. The lowest BCUT2D eigenvalue weighted by Crippen LogP contribution is -2.43. The van der Waals surface area contributed by atoms with E-state index in [1.54, 1.807) is 13.2 Å². The van der Waals surface area contributed by atoms with Crippen molar-refractivity contribution in [3.05, 3.63) is 42.5 Å². The van der Waals surface area contributed by atoms with Crippen LogP contribution in [0.4, 0.5) is 0 Å². The molecule has 3 nitrogen and oxygen atoms in total. The first-order valence-electron chi connectivity index (χ1n) is 8.94. The Bertz CT molecular complexity index is 464. The van der Waals surface area contributed by atoms with Crippen LogP contribution in [0.5, 0.6) is 5.75 Å². The minimum Gasteiger partial charge on any atom is -0.497 e. The van der Waals surface area contributed by atoms with Gasteiger partial charge >= 0.3 is 0 Å². The fraction of sp³-hybridized carbons (Fsp3) is 0.619. The lowest BCUT2D eigenvalue weighted by Gasteiger charge is -2.38. The summed E-state index contributed by atoms with van der Waals surface area (Å²) in [7, 11) is 1.69. The molecule has 0 saturated carbocycles. The number of rotatable bonds is 12. The predicted octanol–water partition coefficient (Wildman–Crippen LogP) is 5.04. The first kappa shape index (κ1) is 20.7. The molecule has 0 amide bonds. The summed E-state index contributed by atoms with van der Waals surface area (Å²) in [6.45, 7) is 13.7. The fourth-order valence-electron chi connectivity index (χ4n) is 2.90. The van der Waals surface area contributed by atoms with Gasteiger partial charge < -0.3 is 14.2 Å². The molecular formula is C21H34O3. The Morgan fingerprint density at radius 2 is 1.88 bits per heavy atom. The van der Waals surface area contributed by atoms with Crippen molar-refractivity contribution in [3.63, 3.8) is 0 Å². The highest BCUT2D eigenvalue weighted by Gasteiger charge is 2.35. The molecular weight excluding hydrogens is 300 g/mol. The van der Waals surface area contributed by atoms with Crippen molar-refractivity contribution < 1.29 is 14.2 Å². The van der Waals surface area contributed by atoms with E-state index < -0.39 is 0 Å². The molecule has 3 heteroatoms. The number of benzene rings is 1. The summed E-state index contributed by atoms with van der Waals surface area (Å²) in [6.07, 6.45) is 5.06. The maximum Gasteiger partial charge on any atom is 0.118 e. The average Bonchev–Trinajstić information content (AvgIpc) is 2.58. The van der Waals surface area contributed by atoms with Gasteiger partial charge in [-0.3, -0.25) is 0 Å². The minimum absolute atomic E-state index is 0.124.